The Morgan fingerprint density at radius 2 is 2.00 bits per heavy atom. The number of carbonyl (C=O) groups is 2. The molecule has 4 rings (SSSR count). The summed E-state index contributed by atoms with van der Waals surface area (Å²) >= 11 is 0. The highest BCUT2D eigenvalue weighted by molar-refractivity contribution is 6.08. The SMILES string of the molecule is Cn1c(CCCCCCC#CC2CC(F)(F)C2)c(C(=O)N2CC[C@@H](C(=O)O)C2)c2cc(C#N)cnc21. The second-order valence-corrected chi connectivity index (χ2v) is 9.86. The van der Waals surface area contributed by atoms with Gasteiger partial charge in [0.1, 0.15) is 11.7 Å². The lowest BCUT2D eigenvalue weighted by Crippen LogP contribution is -2.34. The summed E-state index contributed by atoms with van der Waals surface area (Å²) in [5, 5.41) is 19.3. The number of pyridine rings is 1. The summed E-state index contributed by atoms with van der Waals surface area (Å²) < 4.78 is 27.6. The Bertz CT molecular complexity index is 1260. The average molecular weight is 497 g/mol. The van der Waals surface area contributed by atoms with E-state index in [-0.39, 0.29) is 31.2 Å². The number of unbranched alkanes of at least 4 members (excludes halogenated alkanes) is 4. The van der Waals surface area contributed by atoms with Crippen LogP contribution < -0.4 is 0 Å². The van der Waals surface area contributed by atoms with Crippen molar-refractivity contribution in [1.82, 2.24) is 14.5 Å². The van der Waals surface area contributed by atoms with E-state index >= 15 is 0 Å². The number of carbonyl (C=O) groups excluding carboxylic acids is 1. The first-order valence-electron chi connectivity index (χ1n) is 12.5. The van der Waals surface area contributed by atoms with Gasteiger partial charge in [-0.05, 0) is 31.7 Å². The molecule has 0 radical (unpaired) electrons. The van der Waals surface area contributed by atoms with E-state index in [1.54, 1.807) is 11.0 Å². The van der Waals surface area contributed by atoms with Crippen molar-refractivity contribution in [3.05, 3.63) is 29.1 Å². The van der Waals surface area contributed by atoms with Gasteiger partial charge in [0.2, 0.25) is 0 Å². The minimum atomic E-state index is -2.53. The molecule has 1 aliphatic carbocycles. The van der Waals surface area contributed by atoms with Crippen LogP contribution in [0, 0.1) is 35.0 Å². The molecule has 190 valence electrons. The highest BCUT2D eigenvalue weighted by atomic mass is 19.3. The molecule has 1 aliphatic heterocycles. The number of nitrogens with zero attached hydrogens (tertiary/aromatic N) is 4. The summed E-state index contributed by atoms with van der Waals surface area (Å²) in [6, 6.07) is 3.76. The molecule has 1 saturated carbocycles. The zero-order valence-corrected chi connectivity index (χ0v) is 20.4. The molecular formula is C27H30F2N4O3. The van der Waals surface area contributed by atoms with Crippen molar-refractivity contribution in [1.29, 1.82) is 5.26 Å². The number of halogens is 2. The van der Waals surface area contributed by atoms with Gasteiger partial charge in [-0.3, -0.25) is 9.59 Å². The van der Waals surface area contributed by atoms with Gasteiger partial charge in [0, 0.05) is 62.6 Å². The number of fused-ring (bicyclic) bond motifs is 1. The molecule has 0 aromatic carbocycles. The Labute approximate surface area is 209 Å². The summed E-state index contributed by atoms with van der Waals surface area (Å²) in [6.45, 7) is 0.561. The molecule has 0 bridgehead atoms. The van der Waals surface area contributed by atoms with Crippen molar-refractivity contribution < 1.29 is 23.5 Å². The Morgan fingerprint density at radius 1 is 1.25 bits per heavy atom. The van der Waals surface area contributed by atoms with Crippen LogP contribution in [0.15, 0.2) is 12.3 Å². The Balaban J connectivity index is 1.40. The van der Waals surface area contributed by atoms with Crippen LogP contribution in [0.3, 0.4) is 0 Å². The van der Waals surface area contributed by atoms with Crippen molar-refractivity contribution in [2.24, 2.45) is 18.9 Å². The molecule has 0 spiro atoms. The van der Waals surface area contributed by atoms with Gasteiger partial charge in [-0.25, -0.2) is 13.8 Å². The molecule has 2 fully saturated rings. The molecule has 2 aromatic heterocycles. The maximum absolute atomic E-state index is 13.5. The summed E-state index contributed by atoms with van der Waals surface area (Å²) in [4.78, 5) is 30.9. The lowest BCUT2D eigenvalue weighted by Gasteiger charge is -2.31. The van der Waals surface area contributed by atoms with E-state index in [0.29, 0.717) is 48.0 Å². The number of aromatic nitrogens is 2. The number of hydrogen-bond acceptors (Lipinski definition) is 4. The first-order chi connectivity index (χ1) is 17.2. The molecule has 1 saturated heterocycles. The van der Waals surface area contributed by atoms with Crippen LogP contribution in [0.2, 0.25) is 0 Å². The number of aryl methyl sites for hydroxylation is 1. The summed E-state index contributed by atoms with van der Waals surface area (Å²) in [5.41, 5.74) is 2.33. The second kappa shape index (κ2) is 10.7. The van der Waals surface area contributed by atoms with Crippen LogP contribution >= 0.6 is 0 Å². The molecule has 2 aromatic rings. The van der Waals surface area contributed by atoms with E-state index in [0.717, 1.165) is 31.4 Å². The first-order valence-corrected chi connectivity index (χ1v) is 12.5. The van der Waals surface area contributed by atoms with Gasteiger partial charge in [0.25, 0.3) is 11.8 Å². The minimum absolute atomic E-state index is 0.120. The quantitative estimate of drug-likeness (QED) is 0.428. The fourth-order valence-electron chi connectivity index (χ4n) is 5.10. The number of alkyl halides is 2. The van der Waals surface area contributed by atoms with Crippen LogP contribution in [-0.2, 0) is 18.3 Å². The molecule has 1 amide bonds. The lowest BCUT2D eigenvalue weighted by atomic mass is 9.82. The number of aliphatic carboxylic acids is 1. The fraction of sp³-hybridized carbons (Fsp3) is 0.556. The molecule has 1 atom stereocenters. The number of hydrogen-bond donors (Lipinski definition) is 1. The molecular weight excluding hydrogens is 466 g/mol. The number of nitriles is 1. The van der Waals surface area contributed by atoms with Crippen molar-refractivity contribution in [2.75, 3.05) is 13.1 Å². The van der Waals surface area contributed by atoms with Crippen molar-refractivity contribution in [3.8, 4) is 17.9 Å². The summed E-state index contributed by atoms with van der Waals surface area (Å²) in [7, 11) is 1.86. The van der Waals surface area contributed by atoms with E-state index in [2.05, 4.69) is 22.9 Å². The van der Waals surface area contributed by atoms with E-state index in [1.165, 1.54) is 6.20 Å². The predicted molar refractivity (Wildman–Crippen MR) is 129 cm³/mol. The van der Waals surface area contributed by atoms with Crippen molar-refractivity contribution in [2.45, 2.75) is 63.7 Å². The van der Waals surface area contributed by atoms with Crippen molar-refractivity contribution >= 4 is 22.9 Å². The van der Waals surface area contributed by atoms with E-state index in [1.807, 2.05) is 11.6 Å². The van der Waals surface area contributed by atoms with Gasteiger partial charge in [-0.1, -0.05) is 18.8 Å². The Kier molecular flexibility index (Phi) is 7.59. The Hall–Kier alpha value is -3.46. The molecule has 1 N–H and O–H groups in total. The zero-order valence-electron chi connectivity index (χ0n) is 20.4. The van der Waals surface area contributed by atoms with Gasteiger partial charge >= 0.3 is 5.97 Å². The number of likely N-dealkylation sites (tertiary alicyclic amines) is 1. The molecule has 7 nitrogen and oxygen atoms in total. The number of rotatable bonds is 8. The van der Waals surface area contributed by atoms with Crippen LogP contribution in [-0.4, -0.2) is 50.4 Å². The predicted octanol–water partition coefficient (Wildman–Crippen LogP) is 4.53. The standard InChI is InChI=1S/C27H30F2N4O3/c1-32-22(9-7-5-3-2-4-6-8-18-13-27(28,29)14-18)23(21-12-19(15-30)16-31-24(21)32)25(34)33-11-10-20(17-33)26(35)36/h12,16,18,20H,2-5,7,9-11,13-14,17H2,1H3,(H,35,36)/t20-/m1/s1. The number of carboxylic acid groups (broad SMARTS) is 1. The minimum Gasteiger partial charge on any atom is -0.481 e. The third-order valence-electron chi connectivity index (χ3n) is 7.18. The lowest BCUT2D eigenvalue weighted by molar-refractivity contribution is -0.141. The third-order valence-corrected chi connectivity index (χ3v) is 7.18. The van der Waals surface area contributed by atoms with Gasteiger partial charge in [-0.15, -0.1) is 5.92 Å². The highest BCUT2D eigenvalue weighted by Crippen LogP contribution is 2.41. The number of amides is 1. The zero-order chi connectivity index (χ0) is 25.9. The second-order valence-electron chi connectivity index (χ2n) is 9.86. The molecule has 36 heavy (non-hydrogen) atoms. The molecule has 0 unspecified atom stereocenters. The smallest absolute Gasteiger partial charge is 0.308 e. The summed E-state index contributed by atoms with van der Waals surface area (Å²) in [5.74, 6) is 1.59. The van der Waals surface area contributed by atoms with Crippen LogP contribution in [0.5, 0.6) is 0 Å². The van der Waals surface area contributed by atoms with Crippen LogP contribution in [0.1, 0.15) is 73.0 Å². The van der Waals surface area contributed by atoms with Crippen molar-refractivity contribution in [3.63, 3.8) is 0 Å². The van der Waals surface area contributed by atoms with Crippen LogP contribution in [0.4, 0.5) is 8.78 Å². The van der Waals surface area contributed by atoms with Gasteiger partial charge < -0.3 is 14.6 Å². The van der Waals surface area contributed by atoms with Gasteiger partial charge in [0.15, 0.2) is 0 Å². The van der Waals surface area contributed by atoms with E-state index in [4.69, 9.17) is 0 Å². The van der Waals surface area contributed by atoms with Gasteiger partial charge in [0.05, 0.1) is 17.0 Å². The summed E-state index contributed by atoms with van der Waals surface area (Å²) in [6.07, 6.45) is 6.64. The van der Waals surface area contributed by atoms with Crippen LogP contribution in [0.25, 0.3) is 11.0 Å². The van der Waals surface area contributed by atoms with Gasteiger partial charge in [-0.2, -0.15) is 5.26 Å². The monoisotopic (exact) mass is 496 g/mol. The fourth-order valence-corrected chi connectivity index (χ4v) is 5.10. The molecule has 9 heteroatoms. The maximum Gasteiger partial charge on any atom is 0.308 e. The average Bonchev–Trinajstić information content (AvgIpc) is 3.42. The van der Waals surface area contributed by atoms with E-state index in [9.17, 15) is 28.7 Å². The first kappa shape index (κ1) is 25.6. The largest absolute Gasteiger partial charge is 0.481 e. The Morgan fingerprint density at radius 3 is 2.67 bits per heavy atom. The molecule has 2 aliphatic rings. The number of carboxylic acids is 1. The maximum atomic E-state index is 13.5. The van der Waals surface area contributed by atoms with E-state index < -0.39 is 17.8 Å². The normalized spacial score (nSPS) is 18.9. The topological polar surface area (TPSA) is 99.2 Å². The highest BCUT2D eigenvalue weighted by Gasteiger charge is 2.44. The third kappa shape index (κ3) is 5.51. The molecule has 3 heterocycles.